The summed E-state index contributed by atoms with van der Waals surface area (Å²) in [5.41, 5.74) is 1.56. The van der Waals surface area contributed by atoms with Crippen LogP contribution >= 0.6 is 11.6 Å². The molecule has 0 saturated heterocycles. The number of halogens is 1. The summed E-state index contributed by atoms with van der Waals surface area (Å²) in [5, 5.41) is 3.18. The molecule has 32 heavy (non-hydrogen) atoms. The molecule has 2 aromatic rings. The molecule has 1 saturated carbocycles. The van der Waals surface area contributed by atoms with E-state index >= 15 is 0 Å². The van der Waals surface area contributed by atoms with Crippen molar-refractivity contribution in [1.82, 2.24) is 10.2 Å². The van der Waals surface area contributed by atoms with E-state index in [0.717, 1.165) is 31.2 Å². The number of alkyl halides is 1. The molecule has 1 aliphatic rings. The number of hydrogen-bond donors (Lipinski definition) is 1. The zero-order valence-corrected chi connectivity index (χ0v) is 19.4. The number of ether oxygens (including phenoxy) is 2. The first-order chi connectivity index (χ1) is 15.6. The molecule has 6 nitrogen and oxygen atoms in total. The van der Waals surface area contributed by atoms with E-state index in [1.165, 1.54) is 6.42 Å². The van der Waals surface area contributed by atoms with Gasteiger partial charge in [0.25, 0.3) is 0 Å². The van der Waals surface area contributed by atoms with Crippen molar-refractivity contribution in [2.75, 3.05) is 20.1 Å². The highest BCUT2D eigenvalue weighted by Crippen LogP contribution is 2.33. The molecular weight excluding hydrogens is 428 g/mol. The van der Waals surface area contributed by atoms with E-state index in [2.05, 4.69) is 5.32 Å². The van der Waals surface area contributed by atoms with Gasteiger partial charge in [-0.3, -0.25) is 9.59 Å². The molecule has 0 heterocycles. The Balaban J connectivity index is 2.00. The van der Waals surface area contributed by atoms with Crippen molar-refractivity contribution in [2.45, 2.75) is 50.7 Å². The highest BCUT2D eigenvalue weighted by Gasteiger charge is 2.33. The fourth-order valence-electron chi connectivity index (χ4n) is 4.20. The van der Waals surface area contributed by atoms with Gasteiger partial charge in [-0.25, -0.2) is 0 Å². The molecule has 0 unspecified atom stereocenters. The number of carbonyl (C=O) groups is 2. The summed E-state index contributed by atoms with van der Waals surface area (Å²) in [6, 6.07) is 14.2. The third kappa shape index (κ3) is 5.94. The van der Waals surface area contributed by atoms with Crippen molar-refractivity contribution in [3.63, 3.8) is 0 Å². The zero-order valence-electron chi connectivity index (χ0n) is 18.7. The zero-order chi connectivity index (χ0) is 22.9. The Hall–Kier alpha value is -2.73. The summed E-state index contributed by atoms with van der Waals surface area (Å²) in [6.07, 6.45) is 5.29. The van der Waals surface area contributed by atoms with Crippen molar-refractivity contribution in [3.8, 4) is 11.5 Å². The summed E-state index contributed by atoms with van der Waals surface area (Å²) in [5.74, 6) is 0.319. The van der Waals surface area contributed by atoms with E-state index in [9.17, 15) is 9.59 Å². The normalized spacial score (nSPS) is 15.0. The van der Waals surface area contributed by atoms with Crippen LogP contribution in [0.3, 0.4) is 0 Å². The van der Waals surface area contributed by atoms with Gasteiger partial charge in [0, 0.05) is 12.6 Å². The molecule has 0 bridgehead atoms. The SMILES string of the molecule is COc1ccc([C@H](C(=O)NC2CCCCC2)N(Cc2ccccc2)C(=O)CCl)cc1OC. The lowest BCUT2D eigenvalue weighted by Gasteiger charge is -2.33. The molecule has 2 aromatic carbocycles. The Morgan fingerprint density at radius 2 is 1.72 bits per heavy atom. The molecule has 3 rings (SSSR count). The van der Waals surface area contributed by atoms with Crippen LogP contribution in [0.2, 0.25) is 0 Å². The quantitative estimate of drug-likeness (QED) is 0.563. The average Bonchev–Trinajstić information content (AvgIpc) is 2.84. The summed E-state index contributed by atoms with van der Waals surface area (Å²) in [4.78, 5) is 28.1. The first-order valence-corrected chi connectivity index (χ1v) is 11.5. The number of methoxy groups -OCH3 is 2. The molecule has 1 aliphatic carbocycles. The monoisotopic (exact) mass is 458 g/mol. The van der Waals surface area contributed by atoms with Crippen LogP contribution in [0, 0.1) is 0 Å². The highest BCUT2D eigenvalue weighted by molar-refractivity contribution is 6.27. The first kappa shape index (κ1) is 23.9. The predicted octanol–water partition coefficient (Wildman–Crippen LogP) is 4.46. The number of amides is 2. The Morgan fingerprint density at radius 1 is 1.03 bits per heavy atom. The maximum atomic E-state index is 13.6. The summed E-state index contributed by atoms with van der Waals surface area (Å²) < 4.78 is 10.8. The molecule has 1 fully saturated rings. The minimum atomic E-state index is -0.844. The number of benzene rings is 2. The number of carbonyl (C=O) groups excluding carboxylic acids is 2. The van der Waals surface area contributed by atoms with E-state index in [4.69, 9.17) is 21.1 Å². The number of nitrogens with one attached hydrogen (secondary N) is 1. The molecule has 2 amide bonds. The van der Waals surface area contributed by atoms with Gasteiger partial charge in [0.2, 0.25) is 11.8 Å². The van der Waals surface area contributed by atoms with Crippen LogP contribution in [0.25, 0.3) is 0 Å². The Labute approximate surface area is 194 Å². The molecule has 7 heteroatoms. The van der Waals surface area contributed by atoms with E-state index in [0.29, 0.717) is 17.1 Å². The van der Waals surface area contributed by atoms with Gasteiger partial charge in [-0.15, -0.1) is 11.6 Å². The van der Waals surface area contributed by atoms with Crippen molar-refractivity contribution in [3.05, 3.63) is 59.7 Å². The van der Waals surface area contributed by atoms with Gasteiger partial charge in [0.05, 0.1) is 14.2 Å². The molecule has 0 spiro atoms. The standard InChI is InChI=1S/C25H31ClN2O4/c1-31-21-14-13-19(15-22(21)32-2)24(25(30)27-20-11-7-4-8-12-20)28(23(29)16-26)17-18-9-5-3-6-10-18/h3,5-6,9-10,13-15,20,24H,4,7-8,11-12,16-17H2,1-2H3,(H,27,30)/t24-/m1/s1. The number of rotatable bonds is 9. The van der Waals surface area contributed by atoms with Crippen LogP contribution in [0.5, 0.6) is 11.5 Å². The second kappa shape index (κ2) is 11.8. The third-order valence-electron chi connectivity index (χ3n) is 5.87. The van der Waals surface area contributed by atoms with Crippen LogP contribution in [0.1, 0.15) is 49.3 Å². The third-order valence-corrected chi connectivity index (χ3v) is 6.09. The van der Waals surface area contributed by atoms with Gasteiger partial charge in [0.15, 0.2) is 11.5 Å². The summed E-state index contributed by atoms with van der Waals surface area (Å²) in [6.45, 7) is 0.267. The van der Waals surface area contributed by atoms with Gasteiger partial charge in [0.1, 0.15) is 11.9 Å². The van der Waals surface area contributed by atoms with Crippen LogP contribution < -0.4 is 14.8 Å². The van der Waals surface area contributed by atoms with E-state index in [1.54, 1.807) is 37.3 Å². The second-order valence-electron chi connectivity index (χ2n) is 8.00. The lowest BCUT2D eigenvalue weighted by Crippen LogP contribution is -2.47. The molecule has 0 aromatic heterocycles. The van der Waals surface area contributed by atoms with Crippen LogP contribution in [-0.4, -0.2) is 42.9 Å². The minimum absolute atomic E-state index is 0.114. The Morgan fingerprint density at radius 3 is 2.34 bits per heavy atom. The minimum Gasteiger partial charge on any atom is -0.493 e. The fraction of sp³-hybridized carbons (Fsp3) is 0.440. The smallest absolute Gasteiger partial charge is 0.247 e. The fourth-order valence-corrected chi connectivity index (χ4v) is 4.36. The van der Waals surface area contributed by atoms with Gasteiger partial charge in [-0.1, -0.05) is 55.7 Å². The number of hydrogen-bond acceptors (Lipinski definition) is 4. The van der Waals surface area contributed by atoms with E-state index < -0.39 is 6.04 Å². The molecule has 0 radical (unpaired) electrons. The lowest BCUT2D eigenvalue weighted by atomic mass is 9.94. The molecular formula is C25H31ClN2O4. The number of nitrogens with zero attached hydrogens (tertiary/aromatic N) is 1. The summed E-state index contributed by atoms with van der Waals surface area (Å²) >= 11 is 5.98. The van der Waals surface area contributed by atoms with Crippen molar-refractivity contribution < 1.29 is 19.1 Å². The largest absolute Gasteiger partial charge is 0.493 e. The van der Waals surface area contributed by atoms with Gasteiger partial charge in [-0.05, 0) is 36.1 Å². The van der Waals surface area contributed by atoms with Crippen molar-refractivity contribution in [2.24, 2.45) is 0 Å². The van der Waals surface area contributed by atoms with Gasteiger partial charge < -0.3 is 19.7 Å². The van der Waals surface area contributed by atoms with Crippen LogP contribution in [0.4, 0.5) is 0 Å². The first-order valence-electron chi connectivity index (χ1n) is 11.0. The van der Waals surface area contributed by atoms with Gasteiger partial charge >= 0.3 is 0 Å². The molecule has 172 valence electrons. The van der Waals surface area contributed by atoms with Crippen LogP contribution in [0.15, 0.2) is 48.5 Å². The predicted molar refractivity (Wildman–Crippen MR) is 125 cm³/mol. The maximum absolute atomic E-state index is 13.6. The van der Waals surface area contributed by atoms with Crippen molar-refractivity contribution >= 4 is 23.4 Å². The Bertz CT molecular complexity index is 900. The maximum Gasteiger partial charge on any atom is 0.247 e. The van der Waals surface area contributed by atoms with Crippen LogP contribution in [-0.2, 0) is 16.1 Å². The molecule has 0 aliphatic heterocycles. The average molecular weight is 459 g/mol. The lowest BCUT2D eigenvalue weighted by molar-refractivity contribution is -0.140. The molecule has 1 atom stereocenters. The topological polar surface area (TPSA) is 67.9 Å². The van der Waals surface area contributed by atoms with Gasteiger partial charge in [-0.2, -0.15) is 0 Å². The second-order valence-corrected chi connectivity index (χ2v) is 8.27. The highest BCUT2D eigenvalue weighted by atomic mass is 35.5. The van der Waals surface area contributed by atoms with E-state index in [-0.39, 0.29) is 30.3 Å². The summed E-state index contributed by atoms with van der Waals surface area (Å²) in [7, 11) is 3.11. The van der Waals surface area contributed by atoms with Crippen molar-refractivity contribution in [1.29, 1.82) is 0 Å². The molecule has 1 N–H and O–H groups in total. The Kier molecular flexibility index (Phi) is 8.80. The van der Waals surface area contributed by atoms with E-state index in [1.807, 2.05) is 30.3 Å².